The third-order valence-corrected chi connectivity index (χ3v) is 15.4. The van der Waals surface area contributed by atoms with E-state index in [0.29, 0.717) is 0 Å². The number of halogens is 2. The number of anilines is 3. The molecule has 8 aromatic rings. The highest BCUT2D eigenvalue weighted by Crippen LogP contribution is 2.54. The first kappa shape index (κ1) is 35.3. The van der Waals surface area contributed by atoms with Gasteiger partial charge in [0.05, 0.1) is 16.7 Å². The summed E-state index contributed by atoms with van der Waals surface area (Å²) in [6.07, 6.45) is 0. The van der Waals surface area contributed by atoms with Crippen molar-refractivity contribution in [1.29, 1.82) is 0 Å². The van der Waals surface area contributed by atoms with Gasteiger partial charge in [0.1, 0.15) is 0 Å². The van der Waals surface area contributed by atoms with Gasteiger partial charge in [0.2, 0.25) is 0 Å². The second kappa shape index (κ2) is 13.4. The number of hydrogen-bond acceptors (Lipinski definition) is 3. The molecule has 0 aliphatic heterocycles. The minimum atomic E-state index is -0.230. The molecule has 6 heteroatoms. The Kier molecular flexibility index (Phi) is 8.91. The third kappa shape index (κ3) is 5.64. The van der Waals surface area contributed by atoms with E-state index in [0.717, 1.165) is 0 Å². The average Bonchev–Trinajstić information content (AvgIpc) is 3.61. The van der Waals surface area contributed by atoms with Gasteiger partial charge in [0.25, 0.3) is 0 Å². The molecule has 53 heavy (non-hydrogen) atoms. The van der Waals surface area contributed by atoms with Gasteiger partial charge in [-0.05, 0) is 156 Å². The predicted molar refractivity (Wildman–Crippen MR) is 249 cm³/mol. The average molecular weight is 949 g/mol. The molecule has 9 rings (SSSR count). The molecule has 0 saturated carbocycles. The summed E-state index contributed by atoms with van der Waals surface area (Å²) in [5.41, 5.74) is 17.6. The molecule has 0 fully saturated rings. The molecule has 0 unspecified atom stereocenters. The fourth-order valence-electron chi connectivity index (χ4n) is 8.39. The van der Waals surface area contributed by atoms with Crippen molar-refractivity contribution in [3.8, 4) is 16.8 Å². The topological polar surface area (TPSA) is 8.17 Å². The van der Waals surface area contributed by atoms with E-state index in [1.807, 2.05) is 0 Å². The van der Waals surface area contributed by atoms with Gasteiger partial charge in [-0.15, -0.1) is 0 Å². The van der Waals surface area contributed by atoms with Crippen molar-refractivity contribution in [3.05, 3.63) is 155 Å². The van der Waals surface area contributed by atoms with Gasteiger partial charge in [0, 0.05) is 90.8 Å². The molecule has 262 valence electrons. The largest absolute Gasteiger partial charge is 0.310 e. The first-order valence-electron chi connectivity index (χ1n) is 17.9. The van der Waals surface area contributed by atoms with Gasteiger partial charge in [-0.25, -0.2) is 0 Å². The van der Waals surface area contributed by atoms with Crippen molar-refractivity contribution >= 4 is 110 Å². The van der Waals surface area contributed by atoms with Crippen molar-refractivity contribution in [2.24, 2.45) is 0 Å². The summed E-state index contributed by atoms with van der Waals surface area (Å²) in [5, 5.41) is 5.16. The first-order valence-corrected chi connectivity index (χ1v) is 24.6. The van der Waals surface area contributed by atoms with E-state index in [1.165, 1.54) is 110 Å². The minimum absolute atomic E-state index is 0.230. The fourth-order valence-corrected chi connectivity index (χ4v) is 10.6. The fraction of sp³-hybridized carbons (Fsp3) is 0.149. The Hall–Kier alpha value is -3.44. The lowest BCUT2D eigenvalue weighted by Gasteiger charge is -2.29. The lowest BCUT2D eigenvalue weighted by Crippen LogP contribution is -2.17. The van der Waals surface area contributed by atoms with E-state index in [4.69, 9.17) is 0 Å². The second-order valence-electron chi connectivity index (χ2n) is 14.9. The van der Waals surface area contributed by atoms with Crippen LogP contribution < -0.4 is 4.90 Å². The predicted octanol–water partition coefficient (Wildman–Crippen LogP) is 15.8. The van der Waals surface area contributed by atoms with Crippen molar-refractivity contribution in [2.75, 3.05) is 4.90 Å². The number of aromatic nitrogens is 1. The Morgan fingerprint density at radius 3 is 1.58 bits per heavy atom. The number of fused-ring (bicyclic) bond motifs is 8. The Bertz CT molecular complexity index is 2690. The molecule has 1 aliphatic rings. The SMILES string of the molecule is Cc1ccc(N(c2ccc(C)c(C)c2)c2ccc3c(c2)C(C)(C)c2cc(-n4c5ccc(SI)cc5c5cc(SI)ccc54)c4ccccc4c2-3)cc1C. The number of nitrogens with zero attached hydrogens (tertiary/aromatic N) is 2. The zero-order valence-electron chi connectivity index (χ0n) is 30.5. The van der Waals surface area contributed by atoms with E-state index >= 15 is 0 Å². The molecule has 1 heterocycles. The van der Waals surface area contributed by atoms with Crippen LogP contribution in [-0.2, 0) is 5.41 Å². The molecule has 2 nitrogen and oxygen atoms in total. The molecule has 0 saturated heterocycles. The highest BCUT2D eigenvalue weighted by Gasteiger charge is 2.38. The highest BCUT2D eigenvalue weighted by atomic mass is 127. The van der Waals surface area contributed by atoms with Crippen molar-refractivity contribution < 1.29 is 0 Å². The van der Waals surface area contributed by atoms with Gasteiger partial charge in [-0.3, -0.25) is 0 Å². The molecule has 0 bridgehead atoms. The van der Waals surface area contributed by atoms with Crippen molar-refractivity contribution in [2.45, 2.75) is 56.7 Å². The van der Waals surface area contributed by atoms with Crippen LogP contribution in [0.25, 0.3) is 49.4 Å². The number of rotatable bonds is 6. The summed E-state index contributed by atoms with van der Waals surface area (Å²) in [6, 6.07) is 46.3. The van der Waals surface area contributed by atoms with Gasteiger partial charge in [0.15, 0.2) is 0 Å². The summed E-state index contributed by atoms with van der Waals surface area (Å²) in [7, 11) is 3.54. The highest BCUT2D eigenvalue weighted by molar-refractivity contribution is 14.2. The number of benzene rings is 7. The Morgan fingerprint density at radius 2 is 1.04 bits per heavy atom. The van der Waals surface area contributed by atoms with Crippen molar-refractivity contribution in [3.63, 3.8) is 0 Å². The van der Waals surface area contributed by atoms with Crippen LogP contribution in [0.1, 0.15) is 47.2 Å². The van der Waals surface area contributed by atoms with E-state index < -0.39 is 0 Å². The summed E-state index contributed by atoms with van der Waals surface area (Å²) in [5.74, 6) is 0. The van der Waals surface area contributed by atoms with Crippen LogP contribution in [0, 0.1) is 27.7 Å². The first-order chi connectivity index (χ1) is 25.6. The van der Waals surface area contributed by atoms with Crippen LogP contribution in [0.5, 0.6) is 0 Å². The standard InChI is InChI=1S/C47H38I2N2S2/c1-27-11-13-31(21-29(27)3)50(32-14-12-28(2)30(4)22-32)33-15-18-38-41(23-33)47(5,6)42-26-45(36-9-7-8-10-37(36)46(38)42)51-43-19-16-34(52-48)24-39(43)40-25-35(53-49)17-20-44(40)51/h7-26H,1-6H3. The van der Waals surface area contributed by atoms with Gasteiger partial charge < -0.3 is 9.47 Å². The second-order valence-corrected chi connectivity index (χ2v) is 18.8. The molecule has 1 aliphatic carbocycles. The van der Waals surface area contributed by atoms with Crippen LogP contribution in [0.3, 0.4) is 0 Å². The Balaban J connectivity index is 1.28. The molecule has 1 aromatic heterocycles. The third-order valence-electron chi connectivity index (χ3n) is 11.5. The van der Waals surface area contributed by atoms with Crippen molar-refractivity contribution in [1.82, 2.24) is 4.57 Å². The number of aryl methyl sites for hydroxylation is 4. The molecule has 0 atom stereocenters. The maximum atomic E-state index is 2.52. The normalized spacial score (nSPS) is 13.2. The maximum Gasteiger partial charge on any atom is 0.0544 e. The Labute approximate surface area is 344 Å². The molecule has 7 aromatic carbocycles. The zero-order chi connectivity index (χ0) is 36.8. The monoisotopic (exact) mass is 948 g/mol. The minimum Gasteiger partial charge on any atom is -0.310 e. The smallest absolute Gasteiger partial charge is 0.0544 e. The summed E-state index contributed by atoms with van der Waals surface area (Å²) < 4.78 is 2.52. The maximum absolute atomic E-state index is 2.52. The number of hydrogen-bond donors (Lipinski definition) is 0. The summed E-state index contributed by atoms with van der Waals surface area (Å²) in [6.45, 7) is 13.6. The van der Waals surface area contributed by atoms with Crippen LogP contribution >= 0.6 is 60.3 Å². The molecule has 0 N–H and O–H groups in total. The molecule has 0 radical (unpaired) electrons. The molecule has 0 amide bonds. The summed E-state index contributed by atoms with van der Waals surface area (Å²) >= 11 is 4.79. The lowest BCUT2D eigenvalue weighted by molar-refractivity contribution is 0.660. The molecular weight excluding hydrogens is 910 g/mol. The van der Waals surface area contributed by atoms with Gasteiger partial charge in [-0.2, -0.15) is 0 Å². The van der Waals surface area contributed by atoms with E-state index in [9.17, 15) is 0 Å². The summed E-state index contributed by atoms with van der Waals surface area (Å²) in [4.78, 5) is 4.97. The zero-order valence-corrected chi connectivity index (χ0v) is 36.5. The molecular formula is C47H38I2N2S2. The van der Waals surface area contributed by atoms with Gasteiger partial charge in [-0.1, -0.05) is 74.2 Å². The van der Waals surface area contributed by atoms with Crippen LogP contribution in [-0.4, -0.2) is 4.57 Å². The van der Waals surface area contributed by atoms with Crippen LogP contribution in [0.4, 0.5) is 17.1 Å². The molecule has 0 spiro atoms. The Morgan fingerprint density at radius 1 is 0.509 bits per heavy atom. The lowest BCUT2D eigenvalue weighted by atomic mass is 9.81. The van der Waals surface area contributed by atoms with E-state index in [-0.39, 0.29) is 5.41 Å². The van der Waals surface area contributed by atoms with Gasteiger partial charge >= 0.3 is 0 Å². The van der Waals surface area contributed by atoms with Crippen LogP contribution in [0.15, 0.2) is 131 Å². The van der Waals surface area contributed by atoms with Crippen LogP contribution in [0.2, 0.25) is 0 Å². The van der Waals surface area contributed by atoms with E-state index in [1.54, 1.807) is 17.9 Å². The quantitative estimate of drug-likeness (QED) is 0.154. The van der Waals surface area contributed by atoms with E-state index in [2.05, 4.69) is 215 Å².